The van der Waals surface area contributed by atoms with Gasteiger partial charge >= 0.3 is 72.4 Å². The summed E-state index contributed by atoms with van der Waals surface area (Å²) in [4.78, 5) is 11.5. The van der Waals surface area contributed by atoms with Crippen molar-refractivity contribution < 1.29 is 134 Å². The zero-order valence-electron chi connectivity index (χ0n) is 19.4. The first-order valence-corrected chi connectivity index (χ1v) is 9.65. The average Bonchev–Trinajstić information content (AvgIpc) is 3.16. The molecule has 0 aromatic heterocycles. The van der Waals surface area contributed by atoms with Crippen LogP contribution in [0.2, 0.25) is 0 Å². The predicted octanol–water partition coefficient (Wildman–Crippen LogP) is 6.94. The molecular weight excluding hydrogens is 732 g/mol. The zero-order valence-corrected chi connectivity index (χ0v) is 19.4. The molecule has 1 aliphatic heterocycles. The van der Waals surface area contributed by atoms with E-state index in [2.05, 4.69) is 9.47 Å². The van der Waals surface area contributed by atoms with Crippen molar-refractivity contribution in [2.45, 2.75) is 72.3 Å². The van der Waals surface area contributed by atoms with Crippen LogP contribution in [0.25, 0.3) is 0 Å². The number of rotatable bonds is 10. The molecule has 4 unspecified atom stereocenters. The van der Waals surface area contributed by atoms with Gasteiger partial charge in [-0.1, -0.05) is 0 Å². The molecule has 45 heavy (non-hydrogen) atoms. The minimum atomic E-state index is -8.59. The van der Waals surface area contributed by atoms with Gasteiger partial charge in [0, 0.05) is 0 Å². The second-order valence-corrected chi connectivity index (χ2v) is 7.92. The maximum Gasteiger partial charge on any atom is 0.466 e. The molecule has 1 saturated heterocycles. The van der Waals surface area contributed by atoms with Crippen molar-refractivity contribution in [3.63, 3.8) is 0 Å². The molecule has 0 radical (unpaired) electrons. The number of hydrogen-bond acceptors (Lipinski definition) is 6. The van der Waals surface area contributed by atoms with Gasteiger partial charge in [0.1, 0.15) is 6.61 Å². The highest BCUT2D eigenvalue weighted by Crippen LogP contribution is 2.58. The summed E-state index contributed by atoms with van der Waals surface area (Å²) in [6, 6.07) is 0. The number of carbonyl (C=O) groups is 1. The van der Waals surface area contributed by atoms with Gasteiger partial charge in [-0.2, -0.15) is 96.6 Å². The fraction of sp³-hybridized carbons (Fsp3) is 0.933. The summed E-state index contributed by atoms with van der Waals surface area (Å²) in [7, 11) is 0. The van der Waals surface area contributed by atoms with Gasteiger partial charge in [0.25, 0.3) is 5.85 Å². The summed E-state index contributed by atoms with van der Waals surface area (Å²) >= 11 is 0. The largest absolute Gasteiger partial charge is 0.466 e. The maximum atomic E-state index is 14.4. The molecule has 1 aliphatic rings. The van der Waals surface area contributed by atoms with Crippen LogP contribution in [0.5, 0.6) is 0 Å². The van der Waals surface area contributed by atoms with Gasteiger partial charge in [0.05, 0.1) is 0 Å². The van der Waals surface area contributed by atoms with E-state index >= 15 is 0 Å². The third-order valence-electron chi connectivity index (χ3n) is 4.62. The lowest BCUT2D eigenvalue weighted by molar-refractivity contribution is -0.549. The van der Waals surface area contributed by atoms with Gasteiger partial charge in [-0.15, -0.1) is 0 Å². The number of esters is 1. The third-order valence-corrected chi connectivity index (χ3v) is 4.62. The molecule has 1 rings (SSSR count). The Morgan fingerprint density at radius 2 is 1.09 bits per heavy atom. The normalized spacial score (nSPS) is 26.0. The van der Waals surface area contributed by atoms with Crippen molar-refractivity contribution in [3.05, 3.63) is 0 Å². The highest BCUT2D eigenvalue weighted by Gasteiger charge is 2.87. The lowest BCUT2D eigenvalue weighted by Gasteiger charge is -2.40. The minimum Gasteiger partial charge on any atom is -0.392 e. The van der Waals surface area contributed by atoms with Gasteiger partial charge < -0.3 is 9.47 Å². The van der Waals surface area contributed by atoms with Crippen LogP contribution in [0.15, 0.2) is 0 Å². The monoisotopic (exact) mass is 736 g/mol. The fourth-order valence-electron chi connectivity index (χ4n) is 2.43. The Labute approximate surface area is 227 Å². The van der Waals surface area contributed by atoms with E-state index < -0.39 is 91.6 Å². The Morgan fingerprint density at radius 3 is 1.40 bits per heavy atom. The smallest absolute Gasteiger partial charge is 0.392 e. The van der Waals surface area contributed by atoms with Crippen LogP contribution in [0, 0.1) is 0 Å². The fourth-order valence-corrected chi connectivity index (χ4v) is 2.43. The molecule has 0 amide bonds. The predicted molar refractivity (Wildman–Crippen MR) is 79.5 cm³/mol. The van der Waals surface area contributed by atoms with Gasteiger partial charge in [0.15, 0.2) is 6.67 Å². The molecule has 0 aromatic rings. The molecule has 0 aromatic carbocycles. The number of halogens is 24. The van der Waals surface area contributed by atoms with E-state index in [9.17, 15) is 110 Å². The standard InChI is InChI=1S/C15H4F24O6/c16-1-4(17)2-41-8(43-4,12(31,32)33)15(38,39)42-3(40)5(18,9(22,23)24)44-14(36,37)7(21,11(28,29)30)45-13(34,35)6(19,20)10(25,26)27/h1-2H2. The second-order valence-electron chi connectivity index (χ2n) is 7.92. The van der Waals surface area contributed by atoms with Crippen LogP contribution in [-0.4, -0.2) is 91.6 Å². The van der Waals surface area contributed by atoms with E-state index in [0.29, 0.717) is 0 Å². The lowest BCUT2D eigenvalue weighted by Crippen LogP contribution is -2.69. The summed E-state index contributed by atoms with van der Waals surface area (Å²) < 4.78 is 327. The number of hydrogen-bond donors (Lipinski definition) is 0. The molecule has 1 heterocycles. The average molecular weight is 736 g/mol. The van der Waals surface area contributed by atoms with Gasteiger partial charge in [-0.3, -0.25) is 14.2 Å². The zero-order chi connectivity index (χ0) is 36.5. The first-order chi connectivity index (χ1) is 19.3. The molecule has 0 spiro atoms. The maximum absolute atomic E-state index is 14.4. The first kappa shape index (κ1) is 40.7. The quantitative estimate of drug-likeness (QED) is 0.179. The van der Waals surface area contributed by atoms with Crippen LogP contribution < -0.4 is 0 Å². The third kappa shape index (κ3) is 6.59. The highest BCUT2D eigenvalue weighted by molar-refractivity contribution is 5.79. The van der Waals surface area contributed by atoms with E-state index in [1.807, 2.05) is 4.74 Å². The summed E-state index contributed by atoms with van der Waals surface area (Å²) in [5.74, 6) is -41.1. The van der Waals surface area contributed by atoms with Crippen LogP contribution in [0.3, 0.4) is 0 Å². The van der Waals surface area contributed by atoms with E-state index in [0.717, 1.165) is 4.74 Å². The number of alkyl halides is 24. The molecule has 0 saturated carbocycles. The summed E-state index contributed by atoms with van der Waals surface area (Å²) in [5.41, 5.74) is 0. The SMILES string of the molecule is O=C(OC(F)(F)C1(C(F)(F)F)OCC(F)(CF)O1)C(F)(OC(F)(F)C(F)(OC(F)(F)C(F)(F)C(F)(F)F)C(F)(F)F)C(F)(F)F. The van der Waals surface area contributed by atoms with Gasteiger partial charge in [0.2, 0.25) is 0 Å². The molecule has 268 valence electrons. The Morgan fingerprint density at radius 1 is 0.644 bits per heavy atom. The van der Waals surface area contributed by atoms with Crippen LogP contribution in [0.1, 0.15) is 0 Å². The Bertz CT molecular complexity index is 1090. The number of ether oxygens (including phenoxy) is 5. The molecular formula is C15H4F24O6. The van der Waals surface area contributed by atoms with Crippen molar-refractivity contribution >= 4 is 5.97 Å². The Balaban J connectivity index is 3.77. The molecule has 4 atom stereocenters. The van der Waals surface area contributed by atoms with E-state index in [1.54, 1.807) is 0 Å². The second kappa shape index (κ2) is 10.8. The van der Waals surface area contributed by atoms with E-state index in [4.69, 9.17) is 0 Å². The van der Waals surface area contributed by atoms with E-state index in [-0.39, 0.29) is 0 Å². The Kier molecular flexibility index (Phi) is 9.79. The molecule has 30 heteroatoms. The van der Waals surface area contributed by atoms with Crippen molar-refractivity contribution in [1.29, 1.82) is 0 Å². The molecule has 6 nitrogen and oxygen atoms in total. The minimum absolute atomic E-state index is 1.09. The van der Waals surface area contributed by atoms with Crippen molar-refractivity contribution in [1.82, 2.24) is 0 Å². The first-order valence-electron chi connectivity index (χ1n) is 9.65. The van der Waals surface area contributed by atoms with Gasteiger partial charge in [-0.05, 0) is 0 Å². The van der Waals surface area contributed by atoms with Gasteiger partial charge in [-0.25, -0.2) is 13.6 Å². The summed E-state index contributed by atoms with van der Waals surface area (Å²) in [6.45, 7) is -5.55. The van der Waals surface area contributed by atoms with Crippen molar-refractivity contribution in [3.8, 4) is 0 Å². The summed E-state index contributed by atoms with van der Waals surface area (Å²) in [6.07, 6.45) is -55.7. The topological polar surface area (TPSA) is 63.2 Å². The molecule has 0 N–H and O–H groups in total. The highest BCUT2D eigenvalue weighted by atomic mass is 19.4. The number of carbonyl (C=O) groups excluding carboxylic acids is 1. The molecule has 0 bridgehead atoms. The molecule has 1 fully saturated rings. The van der Waals surface area contributed by atoms with E-state index in [1.165, 1.54) is 4.74 Å². The summed E-state index contributed by atoms with van der Waals surface area (Å²) in [5, 5.41) is 0. The molecule has 0 aliphatic carbocycles. The van der Waals surface area contributed by atoms with Crippen molar-refractivity contribution in [2.24, 2.45) is 0 Å². The Hall–Kier alpha value is -2.37. The van der Waals surface area contributed by atoms with Crippen molar-refractivity contribution in [2.75, 3.05) is 13.3 Å². The van der Waals surface area contributed by atoms with Crippen LogP contribution >= 0.6 is 0 Å². The van der Waals surface area contributed by atoms with Crippen LogP contribution in [-0.2, 0) is 28.5 Å². The lowest BCUT2D eigenvalue weighted by atomic mass is 10.2. The van der Waals surface area contributed by atoms with Crippen LogP contribution in [0.4, 0.5) is 105 Å².